The van der Waals surface area contributed by atoms with Gasteiger partial charge in [0.15, 0.2) is 0 Å². The SMILES string of the molecule is Cc1ccc(C=CC2=C[C@]3(C)C[C@]2(C)[C@H](c2ccc(C)cc2)CC3=O)cc1. The Balaban J connectivity index is 1.72. The number of aryl methyl sites for hydroxylation is 2. The second kappa shape index (κ2) is 6.34. The summed E-state index contributed by atoms with van der Waals surface area (Å²) in [5, 5.41) is 0. The summed E-state index contributed by atoms with van der Waals surface area (Å²) in [7, 11) is 0. The third kappa shape index (κ3) is 3.10. The second-order valence-electron chi connectivity index (χ2n) is 8.95. The number of carbonyl (C=O) groups is 1. The van der Waals surface area contributed by atoms with E-state index in [-0.39, 0.29) is 16.7 Å². The van der Waals surface area contributed by atoms with E-state index >= 15 is 0 Å². The first-order chi connectivity index (χ1) is 12.8. The lowest BCUT2D eigenvalue weighted by Gasteiger charge is -2.43. The van der Waals surface area contributed by atoms with Gasteiger partial charge in [-0.15, -0.1) is 0 Å². The molecule has 2 aromatic rings. The third-order valence-corrected chi connectivity index (χ3v) is 6.68. The van der Waals surface area contributed by atoms with Crippen molar-refractivity contribution in [1.29, 1.82) is 0 Å². The maximum atomic E-state index is 13.0. The van der Waals surface area contributed by atoms with Crippen molar-refractivity contribution in [2.45, 2.75) is 46.5 Å². The zero-order valence-electron chi connectivity index (χ0n) is 16.8. The summed E-state index contributed by atoms with van der Waals surface area (Å²) in [6.07, 6.45) is 8.22. The highest BCUT2D eigenvalue weighted by atomic mass is 16.1. The van der Waals surface area contributed by atoms with Gasteiger partial charge in [-0.25, -0.2) is 0 Å². The van der Waals surface area contributed by atoms with Crippen LogP contribution >= 0.6 is 0 Å². The third-order valence-electron chi connectivity index (χ3n) is 6.68. The van der Waals surface area contributed by atoms with Crippen molar-refractivity contribution in [2.75, 3.05) is 0 Å². The quantitative estimate of drug-likeness (QED) is 0.620. The molecule has 27 heavy (non-hydrogen) atoms. The van der Waals surface area contributed by atoms with E-state index in [2.05, 4.69) is 94.5 Å². The van der Waals surface area contributed by atoms with Gasteiger partial charge in [-0.05, 0) is 43.9 Å². The van der Waals surface area contributed by atoms with Crippen molar-refractivity contribution >= 4 is 11.9 Å². The molecule has 1 fully saturated rings. The van der Waals surface area contributed by atoms with Gasteiger partial charge in [0.25, 0.3) is 0 Å². The van der Waals surface area contributed by atoms with Crippen LogP contribution in [0.4, 0.5) is 0 Å². The molecule has 2 aliphatic carbocycles. The standard InChI is InChI=1S/C26H28O/c1-18-5-9-20(10-6-18)11-14-22-16-25(3)17-26(22,4)23(15-24(25)27)21-12-7-19(2)8-13-21/h5-14,16,23H,15,17H2,1-4H3/t23-,25+,26-/m0/s1. The average Bonchev–Trinajstić information content (AvgIpc) is 2.88. The van der Waals surface area contributed by atoms with Gasteiger partial charge in [0.2, 0.25) is 0 Å². The molecule has 0 spiro atoms. The van der Waals surface area contributed by atoms with Crippen LogP contribution in [-0.4, -0.2) is 5.78 Å². The summed E-state index contributed by atoms with van der Waals surface area (Å²) in [4.78, 5) is 13.0. The number of Topliss-reactive ketones (excluding diaryl/α,β-unsaturated/α-hetero) is 1. The number of hydrogen-bond donors (Lipinski definition) is 0. The molecule has 0 amide bonds. The molecule has 0 saturated heterocycles. The van der Waals surface area contributed by atoms with E-state index in [0.29, 0.717) is 12.2 Å². The molecule has 0 aliphatic heterocycles. The van der Waals surface area contributed by atoms with Crippen LogP contribution < -0.4 is 0 Å². The lowest BCUT2D eigenvalue weighted by atomic mass is 9.59. The lowest BCUT2D eigenvalue weighted by Crippen LogP contribution is -2.39. The normalized spacial score (nSPS) is 30.0. The first kappa shape index (κ1) is 18.0. The Hall–Kier alpha value is -2.41. The molecule has 3 atom stereocenters. The van der Waals surface area contributed by atoms with Gasteiger partial charge >= 0.3 is 0 Å². The number of carbonyl (C=O) groups excluding carboxylic acids is 1. The van der Waals surface area contributed by atoms with E-state index in [1.807, 2.05) is 0 Å². The molecule has 1 heteroatoms. The van der Waals surface area contributed by atoms with Crippen LogP contribution in [0.5, 0.6) is 0 Å². The zero-order chi connectivity index (χ0) is 19.2. The molecule has 0 aromatic heterocycles. The van der Waals surface area contributed by atoms with E-state index in [1.54, 1.807) is 0 Å². The molecule has 1 saturated carbocycles. The van der Waals surface area contributed by atoms with E-state index < -0.39 is 0 Å². The summed E-state index contributed by atoms with van der Waals surface area (Å²) < 4.78 is 0. The van der Waals surface area contributed by atoms with E-state index in [1.165, 1.54) is 27.8 Å². The topological polar surface area (TPSA) is 17.1 Å². The number of allylic oxidation sites excluding steroid dienone is 3. The summed E-state index contributed by atoms with van der Waals surface area (Å²) >= 11 is 0. The number of hydrogen-bond acceptors (Lipinski definition) is 1. The van der Waals surface area contributed by atoms with Crippen molar-refractivity contribution in [1.82, 2.24) is 0 Å². The number of rotatable bonds is 3. The number of fused-ring (bicyclic) bond motifs is 2. The molecule has 138 valence electrons. The molecule has 4 rings (SSSR count). The van der Waals surface area contributed by atoms with Crippen molar-refractivity contribution in [2.24, 2.45) is 10.8 Å². The van der Waals surface area contributed by atoms with Crippen molar-refractivity contribution in [3.05, 3.63) is 88.5 Å². The van der Waals surface area contributed by atoms with Gasteiger partial charge in [0.1, 0.15) is 5.78 Å². The highest BCUT2D eigenvalue weighted by molar-refractivity contribution is 5.90. The highest BCUT2D eigenvalue weighted by Crippen LogP contribution is 2.61. The van der Waals surface area contributed by atoms with Gasteiger partial charge in [0.05, 0.1) is 0 Å². The molecule has 0 unspecified atom stereocenters. The van der Waals surface area contributed by atoms with Gasteiger partial charge in [0, 0.05) is 23.2 Å². The van der Waals surface area contributed by atoms with Crippen LogP contribution in [-0.2, 0) is 4.79 Å². The monoisotopic (exact) mass is 356 g/mol. The number of ketones is 1. The van der Waals surface area contributed by atoms with Gasteiger partial charge in [-0.3, -0.25) is 4.79 Å². The van der Waals surface area contributed by atoms with Crippen molar-refractivity contribution in [3.8, 4) is 0 Å². The van der Waals surface area contributed by atoms with Crippen LogP contribution in [0.2, 0.25) is 0 Å². The highest BCUT2D eigenvalue weighted by Gasteiger charge is 2.55. The molecule has 2 aliphatic rings. The Morgan fingerprint density at radius 2 is 1.48 bits per heavy atom. The fourth-order valence-corrected chi connectivity index (χ4v) is 4.96. The fourth-order valence-electron chi connectivity index (χ4n) is 4.96. The molecule has 0 radical (unpaired) electrons. The maximum absolute atomic E-state index is 13.0. The molecular formula is C26H28O. The van der Waals surface area contributed by atoms with Crippen molar-refractivity contribution in [3.63, 3.8) is 0 Å². The molecule has 1 nitrogen and oxygen atoms in total. The predicted molar refractivity (Wildman–Crippen MR) is 113 cm³/mol. The van der Waals surface area contributed by atoms with Gasteiger partial charge in [-0.2, -0.15) is 0 Å². The Kier molecular flexibility index (Phi) is 4.22. The van der Waals surface area contributed by atoms with Crippen LogP contribution in [0.25, 0.3) is 6.08 Å². The van der Waals surface area contributed by atoms with Crippen LogP contribution in [0.3, 0.4) is 0 Å². The first-order valence-electron chi connectivity index (χ1n) is 9.88. The molecule has 0 N–H and O–H groups in total. The summed E-state index contributed by atoms with van der Waals surface area (Å²) in [6.45, 7) is 8.68. The molecule has 2 bridgehead atoms. The summed E-state index contributed by atoms with van der Waals surface area (Å²) in [6, 6.07) is 17.3. The van der Waals surface area contributed by atoms with E-state index in [4.69, 9.17) is 0 Å². The van der Waals surface area contributed by atoms with Crippen molar-refractivity contribution < 1.29 is 4.79 Å². The van der Waals surface area contributed by atoms with E-state index in [0.717, 1.165) is 6.42 Å². The van der Waals surface area contributed by atoms with Gasteiger partial charge in [-0.1, -0.05) is 84.8 Å². The van der Waals surface area contributed by atoms with Crippen LogP contribution in [0.1, 0.15) is 54.9 Å². The fraction of sp³-hybridized carbons (Fsp3) is 0.346. The Bertz CT molecular complexity index is 929. The van der Waals surface area contributed by atoms with E-state index in [9.17, 15) is 4.79 Å². The number of benzene rings is 2. The van der Waals surface area contributed by atoms with Crippen LogP contribution in [0, 0.1) is 24.7 Å². The van der Waals surface area contributed by atoms with Crippen LogP contribution in [0.15, 0.2) is 66.3 Å². The molecule has 2 aromatic carbocycles. The Morgan fingerprint density at radius 1 is 0.889 bits per heavy atom. The Labute approximate surface area is 162 Å². The zero-order valence-corrected chi connectivity index (χ0v) is 16.8. The average molecular weight is 357 g/mol. The largest absolute Gasteiger partial charge is 0.299 e. The second-order valence-corrected chi connectivity index (χ2v) is 8.95. The smallest absolute Gasteiger partial charge is 0.143 e. The minimum absolute atomic E-state index is 0.000878. The van der Waals surface area contributed by atoms with Gasteiger partial charge < -0.3 is 0 Å². The minimum Gasteiger partial charge on any atom is -0.299 e. The summed E-state index contributed by atoms with van der Waals surface area (Å²) in [5.41, 5.74) is 6.01. The lowest BCUT2D eigenvalue weighted by molar-refractivity contribution is -0.130. The molecule has 0 heterocycles. The minimum atomic E-state index is -0.317. The Morgan fingerprint density at radius 3 is 2.11 bits per heavy atom. The maximum Gasteiger partial charge on any atom is 0.143 e. The molecular weight excluding hydrogens is 328 g/mol. The summed E-state index contributed by atoms with van der Waals surface area (Å²) in [5.74, 6) is 0.624. The first-order valence-corrected chi connectivity index (χ1v) is 9.88. The predicted octanol–water partition coefficient (Wildman–Crippen LogP) is 6.42.